The van der Waals surface area contributed by atoms with Crippen LogP contribution < -0.4 is 5.32 Å². The Morgan fingerprint density at radius 1 is 1.18 bits per heavy atom. The molecule has 1 rings (SSSR count). The highest BCUT2D eigenvalue weighted by Gasteiger charge is 2.39. The maximum Gasteiger partial charge on any atom is 0.0760 e. The molecule has 0 aliphatic carbocycles. The van der Waals surface area contributed by atoms with Crippen LogP contribution in [-0.2, 0) is 4.74 Å². The van der Waals surface area contributed by atoms with Crippen LogP contribution in [-0.4, -0.2) is 48.8 Å². The van der Waals surface area contributed by atoms with Crippen molar-refractivity contribution in [1.82, 2.24) is 10.2 Å². The molecule has 0 radical (unpaired) electrons. The Morgan fingerprint density at radius 3 is 2.12 bits per heavy atom. The zero-order valence-electron chi connectivity index (χ0n) is 12.5. The summed E-state index contributed by atoms with van der Waals surface area (Å²) in [4.78, 5) is 2.60. The summed E-state index contributed by atoms with van der Waals surface area (Å²) >= 11 is 0. The molecule has 17 heavy (non-hydrogen) atoms. The summed E-state index contributed by atoms with van der Waals surface area (Å²) in [6, 6.07) is 0.632. The maximum absolute atomic E-state index is 6.14. The van der Waals surface area contributed by atoms with Gasteiger partial charge in [-0.1, -0.05) is 13.3 Å². The molecule has 1 aliphatic rings. The maximum atomic E-state index is 6.14. The third-order valence-corrected chi connectivity index (χ3v) is 3.30. The van der Waals surface area contributed by atoms with Gasteiger partial charge in [-0.15, -0.1) is 0 Å². The largest absolute Gasteiger partial charge is 0.367 e. The lowest BCUT2D eigenvalue weighted by molar-refractivity contribution is -0.187. The van der Waals surface area contributed by atoms with Gasteiger partial charge in [0, 0.05) is 25.7 Å². The molecule has 1 unspecified atom stereocenters. The zero-order valence-corrected chi connectivity index (χ0v) is 12.5. The summed E-state index contributed by atoms with van der Waals surface area (Å²) in [6.45, 7) is 14.2. The molecule has 0 saturated carbocycles. The van der Waals surface area contributed by atoms with E-state index >= 15 is 0 Å². The molecule has 3 heteroatoms. The predicted molar refractivity (Wildman–Crippen MR) is 73.4 cm³/mol. The van der Waals surface area contributed by atoms with E-state index in [1.165, 1.54) is 12.8 Å². The number of hydrogen-bond acceptors (Lipinski definition) is 3. The third kappa shape index (κ3) is 4.57. The fourth-order valence-corrected chi connectivity index (χ4v) is 3.09. The molecular weight excluding hydrogens is 212 g/mol. The SMILES string of the molecule is CCCC(CNC)N1CC(C)(C)OC(C)(C)C1. The van der Waals surface area contributed by atoms with E-state index < -0.39 is 0 Å². The minimum atomic E-state index is -0.0402. The fraction of sp³-hybridized carbons (Fsp3) is 1.00. The summed E-state index contributed by atoms with van der Waals surface area (Å²) in [7, 11) is 2.04. The first kappa shape index (κ1) is 14.9. The molecule has 1 saturated heterocycles. The Kier molecular flexibility index (Phi) is 4.99. The van der Waals surface area contributed by atoms with Crippen molar-refractivity contribution in [2.75, 3.05) is 26.7 Å². The molecule has 0 aromatic heterocycles. The minimum absolute atomic E-state index is 0.0402. The Labute approximate surface area is 107 Å². The minimum Gasteiger partial charge on any atom is -0.367 e. The lowest BCUT2D eigenvalue weighted by Crippen LogP contribution is -2.60. The van der Waals surface area contributed by atoms with Gasteiger partial charge in [0.2, 0.25) is 0 Å². The van der Waals surface area contributed by atoms with E-state index in [0.717, 1.165) is 19.6 Å². The smallest absolute Gasteiger partial charge is 0.0760 e. The van der Waals surface area contributed by atoms with Crippen molar-refractivity contribution < 1.29 is 4.74 Å². The first-order valence-corrected chi connectivity index (χ1v) is 6.88. The fourth-order valence-electron chi connectivity index (χ4n) is 3.09. The van der Waals surface area contributed by atoms with Gasteiger partial charge in [-0.3, -0.25) is 4.90 Å². The quantitative estimate of drug-likeness (QED) is 0.800. The molecule has 1 aliphatic heterocycles. The lowest BCUT2D eigenvalue weighted by atomic mass is 9.96. The Balaban J connectivity index is 2.73. The molecule has 0 aromatic carbocycles. The van der Waals surface area contributed by atoms with Crippen LogP contribution >= 0.6 is 0 Å². The van der Waals surface area contributed by atoms with Gasteiger partial charge < -0.3 is 10.1 Å². The van der Waals surface area contributed by atoms with Crippen molar-refractivity contribution in [2.45, 2.75) is 64.7 Å². The van der Waals surface area contributed by atoms with Crippen LogP contribution in [0.5, 0.6) is 0 Å². The molecule has 0 spiro atoms. The first-order valence-electron chi connectivity index (χ1n) is 6.88. The van der Waals surface area contributed by atoms with Gasteiger partial charge in [0.05, 0.1) is 11.2 Å². The number of morpholine rings is 1. The van der Waals surface area contributed by atoms with Gasteiger partial charge in [0.15, 0.2) is 0 Å². The molecular formula is C14H30N2O. The van der Waals surface area contributed by atoms with Crippen LogP contribution in [0.15, 0.2) is 0 Å². The number of likely N-dealkylation sites (N-methyl/N-ethyl adjacent to an activating group) is 1. The molecule has 0 bridgehead atoms. The highest BCUT2D eigenvalue weighted by molar-refractivity contribution is 4.92. The van der Waals surface area contributed by atoms with Gasteiger partial charge in [0.25, 0.3) is 0 Å². The van der Waals surface area contributed by atoms with Crippen LogP contribution in [0.3, 0.4) is 0 Å². The lowest BCUT2D eigenvalue weighted by Gasteiger charge is -2.49. The zero-order chi connectivity index (χ0) is 13.1. The first-order chi connectivity index (χ1) is 7.79. The average molecular weight is 242 g/mol. The van der Waals surface area contributed by atoms with Gasteiger partial charge in [-0.25, -0.2) is 0 Å². The van der Waals surface area contributed by atoms with E-state index in [2.05, 4.69) is 44.8 Å². The molecule has 0 aromatic rings. The number of ether oxygens (including phenoxy) is 1. The van der Waals surface area contributed by atoms with Crippen LogP contribution in [0, 0.1) is 0 Å². The second-order valence-electron chi connectivity index (χ2n) is 6.53. The second kappa shape index (κ2) is 5.68. The monoisotopic (exact) mass is 242 g/mol. The highest BCUT2D eigenvalue weighted by Crippen LogP contribution is 2.29. The van der Waals surface area contributed by atoms with E-state index in [-0.39, 0.29) is 11.2 Å². The van der Waals surface area contributed by atoms with Gasteiger partial charge in [-0.05, 0) is 41.2 Å². The van der Waals surface area contributed by atoms with Gasteiger partial charge in [-0.2, -0.15) is 0 Å². The van der Waals surface area contributed by atoms with Crippen LogP contribution in [0.4, 0.5) is 0 Å². The number of nitrogens with one attached hydrogen (secondary N) is 1. The molecule has 1 atom stereocenters. The number of hydrogen-bond donors (Lipinski definition) is 1. The van der Waals surface area contributed by atoms with Crippen molar-refractivity contribution in [3.63, 3.8) is 0 Å². The molecule has 102 valence electrons. The molecule has 1 heterocycles. The van der Waals surface area contributed by atoms with Gasteiger partial charge >= 0.3 is 0 Å². The molecule has 1 fully saturated rings. The predicted octanol–water partition coefficient (Wildman–Crippen LogP) is 2.26. The van der Waals surface area contributed by atoms with E-state index in [1.54, 1.807) is 0 Å². The summed E-state index contributed by atoms with van der Waals surface area (Å²) in [5.41, 5.74) is -0.0804. The van der Waals surface area contributed by atoms with Crippen LogP contribution in [0.1, 0.15) is 47.5 Å². The Morgan fingerprint density at radius 2 is 1.71 bits per heavy atom. The third-order valence-electron chi connectivity index (χ3n) is 3.30. The summed E-state index contributed by atoms with van der Waals surface area (Å²) in [6.07, 6.45) is 2.50. The van der Waals surface area contributed by atoms with Gasteiger partial charge in [0.1, 0.15) is 0 Å². The van der Waals surface area contributed by atoms with Crippen molar-refractivity contribution in [1.29, 1.82) is 0 Å². The molecule has 0 amide bonds. The second-order valence-corrected chi connectivity index (χ2v) is 6.53. The Bertz CT molecular complexity index is 216. The standard InChI is InChI=1S/C14H30N2O/c1-7-8-12(9-15-6)16-10-13(2,3)17-14(4,5)11-16/h12,15H,7-11H2,1-6H3. The van der Waals surface area contributed by atoms with Crippen molar-refractivity contribution in [2.24, 2.45) is 0 Å². The van der Waals surface area contributed by atoms with E-state index in [4.69, 9.17) is 4.74 Å². The van der Waals surface area contributed by atoms with Crippen LogP contribution in [0.2, 0.25) is 0 Å². The van der Waals surface area contributed by atoms with Crippen molar-refractivity contribution >= 4 is 0 Å². The summed E-state index contributed by atoms with van der Waals surface area (Å²) in [5, 5.41) is 3.32. The van der Waals surface area contributed by atoms with Crippen LogP contribution in [0.25, 0.3) is 0 Å². The Hall–Kier alpha value is -0.120. The topological polar surface area (TPSA) is 24.5 Å². The average Bonchev–Trinajstić information content (AvgIpc) is 2.12. The normalized spacial score (nSPS) is 25.8. The number of nitrogens with zero attached hydrogens (tertiary/aromatic N) is 1. The number of rotatable bonds is 5. The summed E-state index contributed by atoms with van der Waals surface area (Å²) < 4.78 is 6.14. The highest BCUT2D eigenvalue weighted by atomic mass is 16.5. The summed E-state index contributed by atoms with van der Waals surface area (Å²) in [5.74, 6) is 0. The van der Waals surface area contributed by atoms with Crippen molar-refractivity contribution in [3.8, 4) is 0 Å². The van der Waals surface area contributed by atoms with Crippen molar-refractivity contribution in [3.05, 3.63) is 0 Å². The van der Waals surface area contributed by atoms with E-state index in [1.807, 2.05) is 7.05 Å². The molecule has 3 nitrogen and oxygen atoms in total. The van der Waals surface area contributed by atoms with E-state index in [0.29, 0.717) is 6.04 Å². The van der Waals surface area contributed by atoms with E-state index in [9.17, 15) is 0 Å². The molecule has 1 N–H and O–H groups in total.